The van der Waals surface area contributed by atoms with Gasteiger partial charge in [-0.1, -0.05) is 41.9 Å². The number of hydrogen-bond acceptors (Lipinski definition) is 4. The molecule has 0 saturated heterocycles. The molecule has 0 fully saturated rings. The number of aromatic hydroxyl groups is 1. The summed E-state index contributed by atoms with van der Waals surface area (Å²) in [7, 11) is 0. The number of nitrogens with one attached hydrogen (secondary N) is 1. The van der Waals surface area contributed by atoms with E-state index in [1.54, 1.807) is 43.3 Å². The van der Waals surface area contributed by atoms with Crippen LogP contribution in [-0.4, -0.2) is 11.0 Å². The Morgan fingerprint density at radius 1 is 1.11 bits per heavy atom. The topological polar surface area (TPSA) is 79.5 Å². The number of fused-ring (bicyclic) bond motifs is 1. The fourth-order valence-electron chi connectivity index (χ4n) is 3.76. The Balaban J connectivity index is 1.84. The molecule has 0 saturated carbocycles. The summed E-state index contributed by atoms with van der Waals surface area (Å²) in [6.07, 6.45) is -5.74. The van der Waals surface area contributed by atoms with E-state index in [0.717, 1.165) is 0 Å². The van der Waals surface area contributed by atoms with Crippen molar-refractivity contribution in [3.8, 4) is 16.9 Å². The maximum Gasteiger partial charge on any atom is 0.418 e. The number of carbonyl (C=O) groups excluding carboxylic acids is 1. The molecule has 0 aliphatic carbocycles. The van der Waals surface area contributed by atoms with Gasteiger partial charge in [0.25, 0.3) is 0 Å². The second kappa shape index (κ2) is 9.07. The van der Waals surface area contributed by atoms with Gasteiger partial charge in [-0.2, -0.15) is 13.2 Å². The first kappa shape index (κ1) is 24.3. The summed E-state index contributed by atoms with van der Waals surface area (Å²) in [5.74, 6) is -3.49. The zero-order valence-electron chi connectivity index (χ0n) is 18.0. The zero-order valence-corrected chi connectivity index (χ0v) is 18.7. The number of carbonyl (C=O) groups is 1. The van der Waals surface area contributed by atoms with Crippen LogP contribution in [0.4, 0.5) is 23.2 Å². The Hall–Kier alpha value is -3.85. The first-order chi connectivity index (χ1) is 16.5. The number of hydrogen-bond donors (Lipinski definition) is 2. The van der Waals surface area contributed by atoms with E-state index in [0.29, 0.717) is 33.2 Å². The summed E-state index contributed by atoms with van der Waals surface area (Å²) in [6.45, 7) is 1.74. The maximum atomic E-state index is 13.5. The molecule has 0 radical (unpaired) electrons. The maximum absolute atomic E-state index is 13.5. The largest absolute Gasteiger partial charge is 0.506 e. The van der Waals surface area contributed by atoms with Crippen molar-refractivity contribution < 1.29 is 31.9 Å². The number of phenols is 1. The van der Waals surface area contributed by atoms with Crippen LogP contribution in [0.1, 0.15) is 16.7 Å². The Bertz CT molecular complexity index is 1510. The molecule has 0 atom stereocenters. The van der Waals surface area contributed by atoms with E-state index in [9.17, 15) is 32.3 Å². The third-order valence-corrected chi connectivity index (χ3v) is 5.74. The molecule has 0 aliphatic rings. The monoisotopic (exact) mass is 505 g/mol. The van der Waals surface area contributed by atoms with Crippen molar-refractivity contribution in [3.05, 3.63) is 92.5 Å². The van der Waals surface area contributed by atoms with Crippen molar-refractivity contribution in [2.24, 2.45) is 0 Å². The van der Waals surface area contributed by atoms with Gasteiger partial charge in [0.2, 0.25) is 5.91 Å². The van der Waals surface area contributed by atoms with Crippen molar-refractivity contribution in [1.82, 2.24) is 0 Å². The molecule has 0 aliphatic heterocycles. The molecule has 1 aromatic heterocycles. The predicted octanol–water partition coefficient (Wildman–Crippen LogP) is 6.47. The van der Waals surface area contributed by atoms with Crippen LogP contribution in [0.2, 0.25) is 5.02 Å². The van der Waals surface area contributed by atoms with Gasteiger partial charge in [-0.15, -0.1) is 0 Å². The number of anilines is 1. The summed E-state index contributed by atoms with van der Waals surface area (Å²) in [5.41, 5.74) is -1.82. The lowest BCUT2D eigenvalue weighted by Crippen LogP contribution is -2.22. The van der Waals surface area contributed by atoms with E-state index in [1.807, 2.05) is 5.32 Å². The highest BCUT2D eigenvalue weighted by Crippen LogP contribution is 2.40. The van der Waals surface area contributed by atoms with Crippen molar-refractivity contribution >= 4 is 34.2 Å². The normalized spacial score (nSPS) is 11.6. The van der Waals surface area contributed by atoms with E-state index in [-0.39, 0.29) is 17.2 Å². The van der Waals surface area contributed by atoms with E-state index in [1.165, 1.54) is 6.07 Å². The minimum Gasteiger partial charge on any atom is -0.506 e. The second-order valence-electron chi connectivity index (χ2n) is 7.78. The fraction of sp³-hybridized carbons (Fsp3) is 0.120. The van der Waals surface area contributed by atoms with Gasteiger partial charge in [0.05, 0.1) is 23.2 Å². The third-order valence-electron chi connectivity index (χ3n) is 5.33. The fourth-order valence-corrected chi connectivity index (χ4v) is 3.91. The van der Waals surface area contributed by atoms with E-state index in [4.69, 9.17) is 16.0 Å². The van der Waals surface area contributed by atoms with E-state index >= 15 is 0 Å². The van der Waals surface area contributed by atoms with Gasteiger partial charge in [-0.3, -0.25) is 4.79 Å². The molecule has 2 N–H and O–H groups in total. The van der Waals surface area contributed by atoms with Gasteiger partial charge < -0.3 is 14.8 Å². The highest BCUT2D eigenvalue weighted by molar-refractivity contribution is 6.32. The summed E-state index contributed by atoms with van der Waals surface area (Å²) in [6, 6.07) is 12.3. The van der Waals surface area contributed by atoms with Crippen LogP contribution in [0.15, 0.2) is 63.8 Å². The van der Waals surface area contributed by atoms with Crippen LogP contribution in [0.5, 0.6) is 5.75 Å². The number of amides is 1. The smallest absolute Gasteiger partial charge is 0.418 e. The molecule has 1 heterocycles. The van der Waals surface area contributed by atoms with Crippen LogP contribution in [0.25, 0.3) is 22.1 Å². The molecule has 4 rings (SSSR count). The van der Waals surface area contributed by atoms with Gasteiger partial charge in [0, 0.05) is 28.1 Å². The molecule has 0 spiro atoms. The molecule has 10 heteroatoms. The molecule has 5 nitrogen and oxygen atoms in total. The second-order valence-corrected chi connectivity index (χ2v) is 8.18. The molecular weight excluding hydrogens is 490 g/mol. The Morgan fingerprint density at radius 2 is 1.80 bits per heavy atom. The SMILES string of the molecule is Cc1cc2c(-c3ccccc3)c(CC(=O)Nc3c(O)cc(F)cc3C(F)(F)F)c(=O)oc2cc1Cl. The minimum absolute atomic E-state index is 0.113. The molecule has 4 aromatic rings. The number of rotatable bonds is 4. The van der Waals surface area contributed by atoms with Crippen LogP contribution in [0.3, 0.4) is 0 Å². The number of benzene rings is 3. The lowest BCUT2D eigenvalue weighted by atomic mass is 9.94. The van der Waals surface area contributed by atoms with Crippen molar-refractivity contribution in [2.75, 3.05) is 5.32 Å². The zero-order chi connectivity index (χ0) is 25.5. The summed E-state index contributed by atoms with van der Waals surface area (Å²) < 4.78 is 59.0. The molecule has 3 aromatic carbocycles. The van der Waals surface area contributed by atoms with Gasteiger partial charge in [-0.05, 0) is 30.2 Å². The lowest BCUT2D eigenvalue weighted by Gasteiger charge is -2.16. The first-order valence-corrected chi connectivity index (χ1v) is 10.5. The molecule has 1 amide bonds. The van der Waals surface area contributed by atoms with E-state index in [2.05, 4.69) is 0 Å². The molecule has 0 bridgehead atoms. The van der Waals surface area contributed by atoms with E-state index < -0.39 is 46.9 Å². The highest BCUT2D eigenvalue weighted by Gasteiger charge is 2.36. The van der Waals surface area contributed by atoms with Gasteiger partial charge in [0.15, 0.2) is 0 Å². The van der Waals surface area contributed by atoms with Gasteiger partial charge in [-0.25, -0.2) is 9.18 Å². The summed E-state index contributed by atoms with van der Waals surface area (Å²) in [4.78, 5) is 25.7. The Labute approximate surface area is 200 Å². The summed E-state index contributed by atoms with van der Waals surface area (Å²) >= 11 is 6.16. The van der Waals surface area contributed by atoms with Crippen LogP contribution >= 0.6 is 11.6 Å². The minimum atomic E-state index is -5.06. The predicted molar refractivity (Wildman–Crippen MR) is 123 cm³/mol. The van der Waals surface area contributed by atoms with Crippen LogP contribution in [-0.2, 0) is 17.4 Å². The standard InChI is InChI=1S/C25H16ClF4NO4/c1-12-7-15-20(11-18(12)26)35-24(34)16(22(15)13-5-3-2-4-6-13)10-21(33)31-23-17(25(28,29)30)8-14(27)9-19(23)32/h2-9,11,32H,10H2,1H3,(H,31,33). The number of alkyl halides is 3. The van der Waals surface area contributed by atoms with Gasteiger partial charge in [0.1, 0.15) is 17.1 Å². The van der Waals surface area contributed by atoms with Crippen molar-refractivity contribution in [3.63, 3.8) is 0 Å². The highest BCUT2D eigenvalue weighted by atomic mass is 35.5. The van der Waals surface area contributed by atoms with Crippen LogP contribution in [0, 0.1) is 12.7 Å². The number of phenolic OH excluding ortho intramolecular Hbond substituents is 1. The molecule has 35 heavy (non-hydrogen) atoms. The average Bonchev–Trinajstić information content (AvgIpc) is 2.77. The third kappa shape index (κ3) is 4.85. The quantitative estimate of drug-likeness (QED) is 0.189. The number of aryl methyl sites for hydroxylation is 1. The Morgan fingerprint density at radius 3 is 2.46 bits per heavy atom. The first-order valence-electron chi connectivity index (χ1n) is 10.2. The number of halogens is 5. The lowest BCUT2D eigenvalue weighted by molar-refractivity contribution is -0.137. The average molecular weight is 506 g/mol. The molecule has 180 valence electrons. The Kier molecular flexibility index (Phi) is 6.29. The van der Waals surface area contributed by atoms with Crippen molar-refractivity contribution in [2.45, 2.75) is 19.5 Å². The molecule has 0 unspecified atom stereocenters. The van der Waals surface area contributed by atoms with Gasteiger partial charge >= 0.3 is 11.8 Å². The molecular formula is C25H16ClF4NO4. The van der Waals surface area contributed by atoms with Crippen molar-refractivity contribution in [1.29, 1.82) is 0 Å². The summed E-state index contributed by atoms with van der Waals surface area (Å²) in [5, 5.41) is 12.7. The van der Waals surface area contributed by atoms with Crippen LogP contribution < -0.4 is 10.9 Å².